The van der Waals surface area contributed by atoms with E-state index in [0.717, 1.165) is 12.2 Å². The van der Waals surface area contributed by atoms with Crippen molar-refractivity contribution >= 4 is 17.3 Å². The van der Waals surface area contributed by atoms with Crippen LogP contribution in [0.15, 0.2) is 18.2 Å². The number of hydrogen-bond donors (Lipinski definition) is 3. The SMILES string of the molecule is COc1cc(NC2CCCC2C2CCCN2)ccc1NC(C)=O. The Bertz CT molecular complexity index is 555. The van der Waals surface area contributed by atoms with E-state index in [1.54, 1.807) is 7.11 Å². The monoisotopic (exact) mass is 317 g/mol. The highest BCUT2D eigenvalue weighted by Crippen LogP contribution is 2.35. The molecule has 5 heteroatoms. The van der Waals surface area contributed by atoms with Crippen LogP contribution in [0.1, 0.15) is 39.0 Å². The average Bonchev–Trinajstić information content (AvgIpc) is 3.19. The molecular formula is C18H27N3O2. The smallest absolute Gasteiger partial charge is 0.221 e. The molecule has 0 spiro atoms. The quantitative estimate of drug-likeness (QED) is 0.781. The Morgan fingerprint density at radius 2 is 2.13 bits per heavy atom. The van der Waals surface area contributed by atoms with E-state index < -0.39 is 0 Å². The van der Waals surface area contributed by atoms with Gasteiger partial charge in [-0.2, -0.15) is 0 Å². The lowest BCUT2D eigenvalue weighted by Crippen LogP contribution is -2.38. The number of anilines is 2. The Kier molecular flexibility index (Phi) is 5.06. The second-order valence-corrected chi connectivity index (χ2v) is 6.64. The molecule has 2 fully saturated rings. The molecule has 23 heavy (non-hydrogen) atoms. The lowest BCUT2D eigenvalue weighted by atomic mass is 9.93. The van der Waals surface area contributed by atoms with Gasteiger partial charge >= 0.3 is 0 Å². The molecule has 0 bridgehead atoms. The van der Waals surface area contributed by atoms with Gasteiger partial charge in [0, 0.05) is 30.8 Å². The molecule has 2 aliphatic rings. The zero-order valence-corrected chi connectivity index (χ0v) is 14.0. The molecule has 3 N–H and O–H groups in total. The largest absolute Gasteiger partial charge is 0.494 e. The molecule has 1 saturated carbocycles. The third-order valence-corrected chi connectivity index (χ3v) is 5.05. The van der Waals surface area contributed by atoms with Crippen molar-refractivity contribution in [1.29, 1.82) is 0 Å². The normalized spacial score (nSPS) is 27.0. The fraction of sp³-hybridized carbons (Fsp3) is 0.611. The first-order valence-corrected chi connectivity index (χ1v) is 8.63. The molecule has 1 amide bonds. The maximum absolute atomic E-state index is 11.2. The number of hydrogen-bond acceptors (Lipinski definition) is 4. The van der Waals surface area contributed by atoms with Gasteiger partial charge in [0.1, 0.15) is 5.75 Å². The summed E-state index contributed by atoms with van der Waals surface area (Å²) < 4.78 is 5.41. The summed E-state index contributed by atoms with van der Waals surface area (Å²) in [6, 6.07) is 7.08. The summed E-state index contributed by atoms with van der Waals surface area (Å²) in [5, 5.41) is 10.1. The third-order valence-electron chi connectivity index (χ3n) is 5.05. The van der Waals surface area contributed by atoms with Gasteiger partial charge in [-0.15, -0.1) is 0 Å². The lowest BCUT2D eigenvalue weighted by molar-refractivity contribution is -0.114. The van der Waals surface area contributed by atoms with Gasteiger partial charge in [-0.1, -0.05) is 6.42 Å². The van der Waals surface area contributed by atoms with Crippen LogP contribution >= 0.6 is 0 Å². The Hall–Kier alpha value is -1.75. The molecule has 1 aliphatic heterocycles. The first-order valence-electron chi connectivity index (χ1n) is 8.63. The van der Waals surface area contributed by atoms with Crippen LogP contribution in [0, 0.1) is 5.92 Å². The molecule has 1 heterocycles. The Morgan fingerprint density at radius 1 is 1.26 bits per heavy atom. The summed E-state index contributed by atoms with van der Waals surface area (Å²) in [5.41, 5.74) is 1.77. The van der Waals surface area contributed by atoms with E-state index in [0.29, 0.717) is 29.4 Å². The molecule has 3 unspecified atom stereocenters. The first-order chi connectivity index (χ1) is 11.2. The minimum Gasteiger partial charge on any atom is -0.494 e. The number of amides is 1. The molecule has 0 aromatic heterocycles. The number of nitrogens with one attached hydrogen (secondary N) is 3. The van der Waals surface area contributed by atoms with Gasteiger partial charge in [-0.25, -0.2) is 0 Å². The molecule has 3 atom stereocenters. The van der Waals surface area contributed by atoms with Crippen molar-refractivity contribution in [2.24, 2.45) is 5.92 Å². The summed E-state index contributed by atoms with van der Waals surface area (Å²) in [4.78, 5) is 11.2. The summed E-state index contributed by atoms with van der Waals surface area (Å²) >= 11 is 0. The molecule has 1 saturated heterocycles. The van der Waals surface area contributed by atoms with E-state index in [4.69, 9.17) is 4.74 Å². The van der Waals surface area contributed by atoms with Crippen LogP contribution in [-0.4, -0.2) is 31.6 Å². The number of carbonyl (C=O) groups excluding carboxylic acids is 1. The van der Waals surface area contributed by atoms with Crippen LogP contribution in [0.2, 0.25) is 0 Å². The summed E-state index contributed by atoms with van der Waals surface area (Å²) in [5.74, 6) is 1.31. The maximum Gasteiger partial charge on any atom is 0.221 e. The van der Waals surface area contributed by atoms with Gasteiger partial charge in [-0.05, 0) is 50.3 Å². The van der Waals surface area contributed by atoms with E-state index in [9.17, 15) is 4.79 Å². The third kappa shape index (κ3) is 3.78. The number of ether oxygens (including phenoxy) is 1. The van der Waals surface area contributed by atoms with E-state index in [1.165, 1.54) is 39.0 Å². The van der Waals surface area contributed by atoms with Crippen LogP contribution < -0.4 is 20.7 Å². The van der Waals surface area contributed by atoms with Gasteiger partial charge in [0.05, 0.1) is 12.8 Å². The lowest BCUT2D eigenvalue weighted by Gasteiger charge is -2.27. The van der Waals surface area contributed by atoms with Gasteiger partial charge in [-0.3, -0.25) is 4.79 Å². The predicted molar refractivity (Wildman–Crippen MR) is 93.1 cm³/mol. The van der Waals surface area contributed by atoms with Crippen molar-refractivity contribution in [1.82, 2.24) is 5.32 Å². The van der Waals surface area contributed by atoms with Crippen molar-refractivity contribution in [3.05, 3.63) is 18.2 Å². The van der Waals surface area contributed by atoms with Crippen molar-refractivity contribution in [3.8, 4) is 5.75 Å². The fourth-order valence-corrected chi connectivity index (χ4v) is 4.01. The van der Waals surface area contributed by atoms with E-state index >= 15 is 0 Å². The summed E-state index contributed by atoms with van der Waals surface area (Å²) in [7, 11) is 1.63. The predicted octanol–water partition coefficient (Wildman–Crippen LogP) is 2.99. The van der Waals surface area contributed by atoms with Crippen molar-refractivity contribution < 1.29 is 9.53 Å². The van der Waals surface area contributed by atoms with Crippen molar-refractivity contribution in [2.45, 2.75) is 51.1 Å². The minimum atomic E-state index is -0.0906. The fourth-order valence-electron chi connectivity index (χ4n) is 4.01. The Labute approximate surface area is 138 Å². The highest BCUT2D eigenvalue weighted by molar-refractivity contribution is 5.90. The highest BCUT2D eigenvalue weighted by atomic mass is 16.5. The van der Waals surface area contributed by atoms with Crippen LogP contribution in [0.4, 0.5) is 11.4 Å². The van der Waals surface area contributed by atoms with Crippen LogP contribution in [0.5, 0.6) is 5.75 Å². The summed E-state index contributed by atoms with van der Waals surface area (Å²) in [6.45, 7) is 2.66. The highest BCUT2D eigenvalue weighted by Gasteiger charge is 2.34. The average molecular weight is 317 g/mol. The minimum absolute atomic E-state index is 0.0906. The second kappa shape index (κ2) is 7.21. The van der Waals surface area contributed by atoms with Gasteiger partial charge in [0.25, 0.3) is 0 Å². The topological polar surface area (TPSA) is 62.4 Å². The number of benzene rings is 1. The second-order valence-electron chi connectivity index (χ2n) is 6.64. The molecule has 1 aliphatic carbocycles. The number of rotatable bonds is 5. The van der Waals surface area contributed by atoms with Gasteiger partial charge < -0.3 is 20.7 Å². The van der Waals surface area contributed by atoms with Gasteiger partial charge in [0.2, 0.25) is 5.91 Å². The zero-order valence-electron chi connectivity index (χ0n) is 14.0. The first kappa shape index (κ1) is 16.1. The molecule has 1 aromatic carbocycles. The number of carbonyl (C=O) groups is 1. The standard InChI is InChI=1S/C18H27N3O2/c1-12(22)20-17-9-8-13(11-18(17)23-2)21-16-6-3-5-14(16)15-7-4-10-19-15/h8-9,11,14-16,19,21H,3-7,10H2,1-2H3,(H,20,22). The Morgan fingerprint density at radius 3 is 2.83 bits per heavy atom. The van der Waals surface area contributed by atoms with Crippen molar-refractivity contribution in [2.75, 3.05) is 24.3 Å². The molecule has 126 valence electrons. The van der Waals surface area contributed by atoms with Gasteiger partial charge in [0.15, 0.2) is 0 Å². The van der Waals surface area contributed by atoms with E-state index in [2.05, 4.69) is 16.0 Å². The van der Waals surface area contributed by atoms with E-state index in [-0.39, 0.29) is 5.91 Å². The van der Waals surface area contributed by atoms with Crippen LogP contribution in [0.3, 0.4) is 0 Å². The molecular weight excluding hydrogens is 290 g/mol. The molecule has 0 radical (unpaired) electrons. The maximum atomic E-state index is 11.2. The van der Waals surface area contributed by atoms with Crippen LogP contribution in [0.25, 0.3) is 0 Å². The summed E-state index contributed by atoms with van der Waals surface area (Å²) in [6.07, 6.45) is 6.41. The van der Waals surface area contributed by atoms with Crippen LogP contribution in [-0.2, 0) is 4.79 Å². The van der Waals surface area contributed by atoms with E-state index in [1.807, 2.05) is 18.2 Å². The molecule has 1 aromatic rings. The Balaban J connectivity index is 1.70. The number of methoxy groups -OCH3 is 1. The van der Waals surface area contributed by atoms with Crippen molar-refractivity contribution in [3.63, 3.8) is 0 Å². The molecule has 3 rings (SSSR count). The zero-order chi connectivity index (χ0) is 16.2. The molecule has 5 nitrogen and oxygen atoms in total.